The number of hydrogen-bond acceptors (Lipinski definition) is 9. The van der Waals surface area contributed by atoms with E-state index in [9.17, 15) is 9.59 Å². The van der Waals surface area contributed by atoms with Gasteiger partial charge in [-0.1, -0.05) is 0 Å². The van der Waals surface area contributed by atoms with Gasteiger partial charge < -0.3 is 29.4 Å². The third-order valence-corrected chi connectivity index (χ3v) is 5.43. The average molecular weight is 438 g/mol. The van der Waals surface area contributed by atoms with Crippen molar-refractivity contribution < 1.29 is 33.3 Å². The topological polar surface area (TPSA) is 106 Å². The van der Waals surface area contributed by atoms with Crippen LogP contribution in [-0.4, -0.2) is 46.5 Å². The molecule has 1 aromatic heterocycles. The minimum Gasteiger partial charge on any atom is -0.497 e. The van der Waals surface area contributed by atoms with Gasteiger partial charge in [-0.3, -0.25) is 0 Å². The average Bonchev–Trinajstić information content (AvgIpc) is 3.07. The van der Waals surface area contributed by atoms with Crippen LogP contribution >= 0.6 is 11.3 Å². The first-order valence-corrected chi connectivity index (χ1v) is 10.3. The monoisotopic (exact) mass is 437 g/mol. The number of nitrogens with two attached hydrogens (primary N) is 1. The van der Waals surface area contributed by atoms with Crippen molar-refractivity contribution in [1.82, 2.24) is 0 Å². The minimum atomic E-state index is -0.638. The molecule has 0 spiro atoms. The molecule has 8 nitrogen and oxygen atoms in total. The number of hydrogen-bond donors (Lipinski definition) is 1. The van der Waals surface area contributed by atoms with Crippen molar-refractivity contribution in [3.63, 3.8) is 0 Å². The number of carbonyl (C=O) groups excluding carboxylic acids is 2. The van der Waals surface area contributed by atoms with E-state index in [1.54, 1.807) is 41.2 Å². The maximum atomic E-state index is 12.6. The quantitative estimate of drug-likeness (QED) is 0.563. The summed E-state index contributed by atoms with van der Waals surface area (Å²) in [5.74, 6) is 0.493. The van der Waals surface area contributed by atoms with E-state index in [0.29, 0.717) is 35.0 Å². The lowest BCUT2D eigenvalue weighted by atomic mass is 10.0. The minimum absolute atomic E-state index is 0.0606. The van der Waals surface area contributed by atoms with Crippen molar-refractivity contribution >= 4 is 28.3 Å². The molecule has 0 bridgehead atoms. The third kappa shape index (κ3) is 4.96. The van der Waals surface area contributed by atoms with Crippen LogP contribution in [0.1, 0.15) is 45.0 Å². The van der Waals surface area contributed by atoms with Crippen LogP contribution in [0.5, 0.6) is 17.2 Å². The Labute approximate surface area is 179 Å². The highest BCUT2D eigenvalue weighted by Crippen LogP contribution is 2.38. The first-order chi connectivity index (χ1) is 14.4. The number of anilines is 1. The molecule has 2 rings (SSSR count). The van der Waals surface area contributed by atoms with Gasteiger partial charge in [0.25, 0.3) is 0 Å². The fourth-order valence-corrected chi connectivity index (χ4v) is 4.11. The molecule has 1 aromatic carbocycles. The molecule has 0 aliphatic rings. The predicted octanol–water partition coefficient (Wildman–Crippen LogP) is 3.49. The normalized spacial score (nSPS) is 10.4. The second-order valence-electron chi connectivity index (χ2n) is 6.10. The zero-order valence-electron chi connectivity index (χ0n) is 17.8. The highest BCUT2D eigenvalue weighted by molar-refractivity contribution is 7.16. The van der Waals surface area contributed by atoms with Crippen LogP contribution in [0.15, 0.2) is 12.1 Å². The first-order valence-electron chi connectivity index (χ1n) is 9.45. The molecule has 0 amide bonds. The molecule has 2 aromatic rings. The molecule has 9 heteroatoms. The summed E-state index contributed by atoms with van der Waals surface area (Å²) in [6, 6.07) is 3.57. The number of rotatable bonds is 10. The van der Waals surface area contributed by atoms with Gasteiger partial charge in [-0.2, -0.15) is 0 Å². The van der Waals surface area contributed by atoms with Crippen molar-refractivity contribution in [2.45, 2.75) is 26.7 Å². The number of ether oxygens (including phenoxy) is 5. The number of carbonyl (C=O) groups is 2. The second-order valence-corrected chi connectivity index (χ2v) is 7.24. The van der Waals surface area contributed by atoms with Crippen LogP contribution < -0.4 is 19.9 Å². The molecule has 0 saturated heterocycles. The van der Waals surface area contributed by atoms with Gasteiger partial charge >= 0.3 is 11.9 Å². The maximum Gasteiger partial charge on any atom is 0.342 e. The highest BCUT2D eigenvalue weighted by Gasteiger charge is 2.29. The molecule has 0 fully saturated rings. The Morgan fingerprint density at radius 1 is 0.900 bits per heavy atom. The second kappa shape index (κ2) is 10.7. The zero-order valence-corrected chi connectivity index (χ0v) is 18.6. The zero-order chi connectivity index (χ0) is 22.3. The molecular weight excluding hydrogens is 410 g/mol. The Balaban J connectivity index is 2.45. The molecule has 164 valence electrons. The number of thiophene rings is 1. The van der Waals surface area contributed by atoms with Crippen LogP contribution in [-0.2, 0) is 22.3 Å². The Morgan fingerprint density at radius 2 is 1.53 bits per heavy atom. The molecule has 0 aliphatic heterocycles. The number of methoxy groups -OCH3 is 3. The number of aryl methyl sites for hydroxylation is 2. The van der Waals surface area contributed by atoms with Crippen LogP contribution in [0, 0.1) is 0 Å². The lowest BCUT2D eigenvalue weighted by molar-refractivity contribution is 0.0480. The smallest absolute Gasteiger partial charge is 0.342 e. The number of nitrogen functional groups attached to an aromatic ring is 1. The number of esters is 2. The Morgan fingerprint density at radius 3 is 2.07 bits per heavy atom. The van der Waals surface area contributed by atoms with Gasteiger partial charge in [0.05, 0.1) is 40.1 Å². The fraction of sp³-hybridized carbons (Fsp3) is 0.429. The van der Waals surface area contributed by atoms with Gasteiger partial charge in [0.1, 0.15) is 16.3 Å². The molecule has 0 aliphatic carbocycles. The Bertz CT molecular complexity index is 907. The summed E-state index contributed by atoms with van der Waals surface area (Å²) >= 11 is 1.17. The van der Waals surface area contributed by atoms with Gasteiger partial charge in [-0.05, 0) is 32.8 Å². The van der Waals surface area contributed by atoms with Gasteiger partial charge in [-0.15, -0.1) is 11.3 Å². The predicted molar refractivity (Wildman–Crippen MR) is 114 cm³/mol. The molecule has 0 saturated carbocycles. The molecule has 2 N–H and O–H groups in total. The molecular formula is C21H27NO7S. The van der Waals surface area contributed by atoms with E-state index in [-0.39, 0.29) is 29.3 Å². The van der Waals surface area contributed by atoms with Crippen LogP contribution in [0.4, 0.5) is 5.00 Å². The van der Waals surface area contributed by atoms with Gasteiger partial charge in [0.2, 0.25) is 0 Å². The third-order valence-electron chi connectivity index (χ3n) is 4.35. The van der Waals surface area contributed by atoms with Crippen molar-refractivity contribution in [3.8, 4) is 17.2 Å². The lowest BCUT2D eigenvalue weighted by Gasteiger charge is -2.15. The molecule has 0 atom stereocenters. The molecule has 0 unspecified atom stereocenters. The van der Waals surface area contributed by atoms with Crippen molar-refractivity contribution in [3.05, 3.63) is 33.7 Å². The fourth-order valence-electron chi connectivity index (χ4n) is 3.07. The van der Waals surface area contributed by atoms with Crippen LogP contribution in [0.2, 0.25) is 0 Å². The molecule has 0 radical (unpaired) electrons. The van der Waals surface area contributed by atoms with E-state index in [2.05, 4.69) is 0 Å². The van der Waals surface area contributed by atoms with E-state index >= 15 is 0 Å². The summed E-state index contributed by atoms with van der Waals surface area (Å²) in [4.78, 5) is 25.6. The Hall–Kier alpha value is -2.94. The van der Waals surface area contributed by atoms with E-state index in [4.69, 9.17) is 29.4 Å². The summed E-state index contributed by atoms with van der Waals surface area (Å²) in [7, 11) is 4.67. The maximum absolute atomic E-state index is 12.6. The van der Waals surface area contributed by atoms with Crippen molar-refractivity contribution in [1.29, 1.82) is 0 Å². The Kier molecular flexibility index (Phi) is 8.35. The summed E-state index contributed by atoms with van der Waals surface area (Å²) in [6.45, 7) is 3.74. The van der Waals surface area contributed by atoms with Gasteiger partial charge in [0.15, 0.2) is 11.5 Å². The summed E-state index contributed by atoms with van der Waals surface area (Å²) in [6.07, 6.45) is 0.917. The lowest BCUT2D eigenvalue weighted by Crippen LogP contribution is -2.15. The van der Waals surface area contributed by atoms with E-state index < -0.39 is 11.9 Å². The van der Waals surface area contributed by atoms with E-state index in [0.717, 1.165) is 5.56 Å². The van der Waals surface area contributed by atoms with Crippen LogP contribution in [0.25, 0.3) is 0 Å². The first kappa shape index (κ1) is 23.3. The van der Waals surface area contributed by atoms with Crippen molar-refractivity contribution in [2.75, 3.05) is 40.3 Å². The molecule has 1 heterocycles. The molecule has 30 heavy (non-hydrogen) atoms. The van der Waals surface area contributed by atoms with Crippen molar-refractivity contribution in [2.24, 2.45) is 0 Å². The van der Waals surface area contributed by atoms with Crippen LogP contribution in [0.3, 0.4) is 0 Å². The van der Waals surface area contributed by atoms with Gasteiger partial charge in [0, 0.05) is 16.5 Å². The number of benzene rings is 1. The van der Waals surface area contributed by atoms with Gasteiger partial charge in [-0.25, -0.2) is 9.59 Å². The standard InChI is InChI=1S/C21H27NO7S/c1-6-28-20(23)16-15(30-19(22)17(16)21(24)29-7-2)9-8-12-10-13(25-3)11-14(26-4)18(12)27-5/h10-11H,6-9,22H2,1-5H3. The highest BCUT2D eigenvalue weighted by atomic mass is 32.1. The largest absolute Gasteiger partial charge is 0.497 e. The van der Waals surface area contributed by atoms with E-state index in [1.165, 1.54) is 11.3 Å². The summed E-state index contributed by atoms with van der Waals surface area (Å²) in [5, 5.41) is 0.224. The summed E-state index contributed by atoms with van der Waals surface area (Å²) < 4.78 is 26.5. The summed E-state index contributed by atoms with van der Waals surface area (Å²) in [5.41, 5.74) is 7.12. The SMILES string of the molecule is CCOC(=O)c1c(N)sc(CCc2cc(OC)cc(OC)c2OC)c1C(=O)OCC. The van der Waals surface area contributed by atoms with E-state index in [1.807, 2.05) is 6.07 Å².